The Morgan fingerprint density at radius 3 is 2.88 bits per heavy atom. The van der Waals surface area contributed by atoms with E-state index >= 15 is 0 Å². The minimum atomic E-state index is 0.0972. The van der Waals surface area contributed by atoms with E-state index < -0.39 is 0 Å². The first-order valence-electron chi connectivity index (χ1n) is 5.31. The molecule has 16 heavy (non-hydrogen) atoms. The zero-order valence-corrected chi connectivity index (χ0v) is 12.0. The molecule has 0 fully saturated rings. The lowest BCUT2D eigenvalue weighted by Crippen LogP contribution is -2.35. The molecule has 0 aromatic carbocycles. The van der Waals surface area contributed by atoms with Gasteiger partial charge in [-0.2, -0.15) is 0 Å². The van der Waals surface area contributed by atoms with Crippen LogP contribution in [-0.4, -0.2) is 30.9 Å². The first-order chi connectivity index (χ1) is 7.61. The number of hydrogen-bond acceptors (Lipinski definition) is 3. The highest BCUT2D eigenvalue weighted by atomic mass is 79.9. The van der Waals surface area contributed by atoms with E-state index in [4.69, 9.17) is 0 Å². The van der Waals surface area contributed by atoms with Crippen molar-refractivity contribution in [2.75, 3.05) is 20.1 Å². The maximum atomic E-state index is 11.4. The third-order valence-electron chi connectivity index (χ3n) is 2.04. The molecular formula is C11H17BrN2OS. The average molecular weight is 305 g/mol. The number of nitrogens with zero attached hydrogens (tertiary/aromatic N) is 1. The molecule has 0 radical (unpaired) electrons. The largest absolute Gasteiger partial charge is 0.355 e. The highest BCUT2D eigenvalue weighted by Gasteiger charge is 2.07. The highest BCUT2D eigenvalue weighted by Crippen LogP contribution is 2.22. The zero-order chi connectivity index (χ0) is 12.0. The van der Waals surface area contributed by atoms with Crippen molar-refractivity contribution in [3.8, 4) is 0 Å². The van der Waals surface area contributed by atoms with Crippen molar-refractivity contribution >= 4 is 33.2 Å². The minimum Gasteiger partial charge on any atom is -0.355 e. The van der Waals surface area contributed by atoms with Gasteiger partial charge in [0.15, 0.2) is 0 Å². The normalized spacial score (nSPS) is 10.8. The SMILES string of the molecule is CCCNC(=O)CN(C)Cc1ccc(Br)s1. The lowest BCUT2D eigenvalue weighted by atomic mass is 10.4. The van der Waals surface area contributed by atoms with Gasteiger partial charge in [-0.05, 0) is 41.5 Å². The van der Waals surface area contributed by atoms with E-state index in [1.807, 2.05) is 24.9 Å². The van der Waals surface area contributed by atoms with Crippen molar-refractivity contribution in [2.24, 2.45) is 0 Å². The maximum Gasteiger partial charge on any atom is 0.234 e. The summed E-state index contributed by atoms with van der Waals surface area (Å²) in [4.78, 5) is 14.7. The van der Waals surface area contributed by atoms with Crippen LogP contribution in [0, 0.1) is 0 Å². The fourth-order valence-corrected chi connectivity index (χ4v) is 2.89. The van der Waals surface area contributed by atoms with Gasteiger partial charge in [0.25, 0.3) is 0 Å². The van der Waals surface area contributed by atoms with Crippen LogP contribution < -0.4 is 5.32 Å². The Morgan fingerprint density at radius 1 is 1.56 bits per heavy atom. The van der Waals surface area contributed by atoms with E-state index in [1.165, 1.54) is 4.88 Å². The molecular weight excluding hydrogens is 288 g/mol. The zero-order valence-electron chi connectivity index (χ0n) is 9.62. The first kappa shape index (κ1) is 13.7. The Hall–Kier alpha value is -0.390. The van der Waals surface area contributed by atoms with Gasteiger partial charge in [-0.15, -0.1) is 11.3 Å². The van der Waals surface area contributed by atoms with Crippen molar-refractivity contribution in [3.05, 3.63) is 20.8 Å². The van der Waals surface area contributed by atoms with Crippen LogP contribution >= 0.6 is 27.3 Å². The van der Waals surface area contributed by atoms with Crippen LogP contribution in [0.15, 0.2) is 15.9 Å². The molecule has 0 unspecified atom stereocenters. The van der Waals surface area contributed by atoms with Crippen molar-refractivity contribution in [1.82, 2.24) is 10.2 Å². The molecule has 1 heterocycles. The fraction of sp³-hybridized carbons (Fsp3) is 0.545. The smallest absolute Gasteiger partial charge is 0.234 e. The second kappa shape index (κ2) is 7.04. The number of thiophene rings is 1. The molecule has 1 N–H and O–H groups in total. The molecule has 1 rings (SSSR count). The molecule has 0 saturated carbocycles. The van der Waals surface area contributed by atoms with Crippen LogP contribution in [0.1, 0.15) is 18.2 Å². The van der Waals surface area contributed by atoms with Crippen molar-refractivity contribution in [2.45, 2.75) is 19.9 Å². The Morgan fingerprint density at radius 2 is 2.31 bits per heavy atom. The third kappa shape index (κ3) is 5.09. The van der Waals surface area contributed by atoms with Crippen LogP contribution in [0.4, 0.5) is 0 Å². The topological polar surface area (TPSA) is 32.3 Å². The summed E-state index contributed by atoms with van der Waals surface area (Å²) >= 11 is 5.13. The first-order valence-corrected chi connectivity index (χ1v) is 6.92. The van der Waals surface area contributed by atoms with Crippen LogP contribution in [0.25, 0.3) is 0 Å². The molecule has 5 heteroatoms. The second-order valence-electron chi connectivity index (χ2n) is 3.73. The summed E-state index contributed by atoms with van der Waals surface area (Å²) in [6.07, 6.45) is 0.979. The second-order valence-corrected chi connectivity index (χ2v) is 6.28. The molecule has 3 nitrogen and oxygen atoms in total. The number of hydrogen-bond donors (Lipinski definition) is 1. The van der Waals surface area contributed by atoms with E-state index in [9.17, 15) is 4.79 Å². The molecule has 1 aromatic rings. The van der Waals surface area contributed by atoms with E-state index in [1.54, 1.807) is 11.3 Å². The molecule has 0 aliphatic carbocycles. The summed E-state index contributed by atoms with van der Waals surface area (Å²) in [5, 5.41) is 2.87. The molecule has 1 aromatic heterocycles. The Bertz CT molecular complexity index is 340. The summed E-state index contributed by atoms with van der Waals surface area (Å²) in [7, 11) is 1.96. The van der Waals surface area contributed by atoms with Gasteiger partial charge in [0.2, 0.25) is 5.91 Å². The molecule has 0 spiro atoms. The molecule has 0 aliphatic rings. The van der Waals surface area contributed by atoms with E-state index in [2.05, 4.69) is 27.3 Å². The van der Waals surface area contributed by atoms with Gasteiger partial charge in [0.1, 0.15) is 0 Å². The highest BCUT2D eigenvalue weighted by molar-refractivity contribution is 9.11. The quantitative estimate of drug-likeness (QED) is 0.875. The van der Waals surface area contributed by atoms with Crippen LogP contribution in [0.2, 0.25) is 0 Å². The molecule has 0 bridgehead atoms. The third-order valence-corrected chi connectivity index (χ3v) is 3.65. The number of carbonyl (C=O) groups excluding carboxylic acids is 1. The Kier molecular flexibility index (Phi) is 6.01. The van der Waals surface area contributed by atoms with E-state index in [-0.39, 0.29) is 5.91 Å². The van der Waals surface area contributed by atoms with E-state index in [0.717, 1.165) is 23.3 Å². The Labute approximate surface area is 109 Å². The van der Waals surface area contributed by atoms with Gasteiger partial charge in [-0.25, -0.2) is 0 Å². The summed E-state index contributed by atoms with van der Waals surface area (Å²) in [6, 6.07) is 4.11. The van der Waals surface area contributed by atoms with Gasteiger partial charge in [-0.3, -0.25) is 9.69 Å². The van der Waals surface area contributed by atoms with Gasteiger partial charge in [0.05, 0.1) is 10.3 Å². The predicted octanol–water partition coefficient (Wildman–Crippen LogP) is 2.47. The molecule has 90 valence electrons. The van der Waals surface area contributed by atoms with Gasteiger partial charge >= 0.3 is 0 Å². The lowest BCUT2D eigenvalue weighted by Gasteiger charge is -2.14. The minimum absolute atomic E-state index is 0.0972. The summed E-state index contributed by atoms with van der Waals surface area (Å²) in [5.41, 5.74) is 0. The summed E-state index contributed by atoms with van der Waals surface area (Å²) < 4.78 is 1.13. The van der Waals surface area contributed by atoms with E-state index in [0.29, 0.717) is 6.54 Å². The Balaban J connectivity index is 2.30. The van der Waals surface area contributed by atoms with Crippen molar-refractivity contribution in [1.29, 1.82) is 0 Å². The summed E-state index contributed by atoms with van der Waals surface area (Å²) in [6.45, 7) is 4.08. The standard InChI is InChI=1S/C11H17BrN2OS/c1-3-6-13-11(15)8-14(2)7-9-4-5-10(12)16-9/h4-5H,3,6-8H2,1-2H3,(H,13,15). The maximum absolute atomic E-state index is 11.4. The van der Waals surface area contributed by atoms with Crippen molar-refractivity contribution < 1.29 is 4.79 Å². The van der Waals surface area contributed by atoms with Crippen LogP contribution in [0.3, 0.4) is 0 Å². The van der Waals surface area contributed by atoms with Crippen LogP contribution in [-0.2, 0) is 11.3 Å². The van der Waals surface area contributed by atoms with Crippen molar-refractivity contribution in [3.63, 3.8) is 0 Å². The van der Waals surface area contributed by atoms with Gasteiger partial charge in [-0.1, -0.05) is 6.92 Å². The monoisotopic (exact) mass is 304 g/mol. The van der Waals surface area contributed by atoms with Crippen LogP contribution in [0.5, 0.6) is 0 Å². The molecule has 0 atom stereocenters. The van der Waals surface area contributed by atoms with Gasteiger partial charge in [0, 0.05) is 18.0 Å². The van der Waals surface area contributed by atoms with Gasteiger partial charge < -0.3 is 5.32 Å². The summed E-state index contributed by atoms with van der Waals surface area (Å²) in [5.74, 6) is 0.0972. The predicted molar refractivity (Wildman–Crippen MR) is 71.7 cm³/mol. The average Bonchev–Trinajstić information content (AvgIpc) is 2.60. The lowest BCUT2D eigenvalue weighted by molar-refractivity contribution is -0.122. The number of amides is 1. The fourth-order valence-electron chi connectivity index (χ4n) is 1.32. The molecule has 1 amide bonds. The number of halogens is 1. The number of likely N-dealkylation sites (N-methyl/N-ethyl adjacent to an activating group) is 1. The number of rotatable bonds is 6. The molecule has 0 saturated heterocycles. The molecule has 0 aliphatic heterocycles. The number of carbonyl (C=O) groups is 1. The number of nitrogens with one attached hydrogen (secondary N) is 1.